The minimum atomic E-state index is -2.01. The molecule has 1 saturated heterocycles. The summed E-state index contributed by atoms with van der Waals surface area (Å²) in [5.74, 6) is -2.00. The lowest BCUT2D eigenvalue weighted by Crippen LogP contribution is -2.53. The van der Waals surface area contributed by atoms with Crippen LogP contribution in [0.3, 0.4) is 0 Å². The number of para-hydroxylation sites is 1. The van der Waals surface area contributed by atoms with Crippen molar-refractivity contribution >= 4 is 28.5 Å². The second kappa shape index (κ2) is 9.53. The maximum atomic E-state index is 14.9. The molecule has 0 saturated carbocycles. The molecular formula is C34H28N4O4. The van der Waals surface area contributed by atoms with E-state index in [0.717, 1.165) is 20.7 Å². The molecule has 0 radical (unpaired) electrons. The minimum Gasteiger partial charge on any atom is -0.443 e. The summed E-state index contributed by atoms with van der Waals surface area (Å²) in [5.41, 5.74) is -3.36. The first-order chi connectivity index (χ1) is 20.1. The van der Waals surface area contributed by atoms with Crippen LogP contribution in [0.2, 0.25) is 0 Å². The van der Waals surface area contributed by atoms with Crippen LogP contribution in [0.4, 0.5) is 10.5 Å². The largest absolute Gasteiger partial charge is 0.443 e. The predicted octanol–water partition coefficient (Wildman–Crippen LogP) is 6.58. The lowest BCUT2D eigenvalue weighted by atomic mass is 9.63. The second-order valence-corrected chi connectivity index (χ2v) is 11.7. The highest BCUT2D eigenvalue weighted by molar-refractivity contribution is 6.21. The zero-order valence-corrected chi connectivity index (χ0v) is 23.4. The number of nitrogens with zero attached hydrogens (tertiary/aromatic N) is 4. The van der Waals surface area contributed by atoms with Gasteiger partial charge in [-0.05, 0) is 48.7 Å². The summed E-state index contributed by atoms with van der Waals surface area (Å²) < 4.78 is 5.64. The smallest absolute Gasteiger partial charge is 0.421 e. The lowest BCUT2D eigenvalue weighted by molar-refractivity contribution is -0.189. The summed E-state index contributed by atoms with van der Waals surface area (Å²) in [6.07, 6.45) is -0.912. The van der Waals surface area contributed by atoms with E-state index in [4.69, 9.17) is 4.74 Å². The number of anilines is 1. The SMILES string of the molecule is CC(C)(C)OC(=O)N1C(=O)[C@]2(c3ccccc31)[C@H](c1ccccc1)C(C#N)(C#N)[C@@H](c1cccc3ccccc13)N2O. The summed E-state index contributed by atoms with van der Waals surface area (Å²) in [7, 11) is 0. The van der Waals surface area contributed by atoms with Crippen LogP contribution in [0, 0.1) is 28.1 Å². The maximum absolute atomic E-state index is 14.9. The molecule has 4 aromatic rings. The van der Waals surface area contributed by atoms with Gasteiger partial charge in [-0.1, -0.05) is 91.0 Å². The quantitative estimate of drug-likeness (QED) is 0.296. The van der Waals surface area contributed by atoms with Crippen molar-refractivity contribution in [3.8, 4) is 12.1 Å². The minimum absolute atomic E-state index is 0.222. The van der Waals surface area contributed by atoms with Crippen LogP contribution in [-0.2, 0) is 15.1 Å². The van der Waals surface area contributed by atoms with Crippen LogP contribution < -0.4 is 4.90 Å². The van der Waals surface area contributed by atoms with E-state index in [9.17, 15) is 25.3 Å². The number of carbonyl (C=O) groups excluding carboxylic acids is 2. The van der Waals surface area contributed by atoms with Gasteiger partial charge in [0.25, 0.3) is 5.91 Å². The molecule has 42 heavy (non-hydrogen) atoms. The van der Waals surface area contributed by atoms with Crippen LogP contribution in [0.1, 0.15) is 49.4 Å². The van der Waals surface area contributed by atoms with E-state index < -0.39 is 40.5 Å². The molecule has 2 amide bonds. The first-order valence-electron chi connectivity index (χ1n) is 13.6. The molecule has 0 aliphatic carbocycles. The first kappa shape index (κ1) is 27.2. The molecule has 4 aromatic carbocycles. The lowest BCUT2D eigenvalue weighted by Gasteiger charge is -2.36. The third-order valence-electron chi connectivity index (χ3n) is 8.19. The van der Waals surface area contributed by atoms with Crippen molar-refractivity contribution < 1.29 is 19.5 Å². The number of imide groups is 1. The van der Waals surface area contributed by atoms with Crippen molar-refractivity contribution in [2.75, 3.05) is 4.90 Å². The Balaban J connectivity index is 1.71. The molecule has 3 atom stereocenters. The summed E-state index contributed by atoms with van der Waals surface area (Å²) in [6, 6.07) is 31.6. The summed E-state index contributed by atoms with van der Waals surface area (Å²) in [5, 5.41) is 36.8. The molecule has 2 aliphatic heterocycles. The standard InChI is InChI=1S/C34H28N4O4/c1-32(2,3)42-31(40)37-27-19-10-9-18-26(27)34(30(37)39)28(23-13-5-4-6-14-23)33(20-35,21-36)29(38(34)41)25-17-11-15-22-12-7-8-16-24(22)25/h4-19,28-29,41H,1-3H3/t28-,29-,34+/m1/s1. The molecule has 1 spiro atoms. The van der Waals surface area contributed by atoms with Crippen LogP contribution in [0.25, 0.3) is 10.8 Å². The molecule has 2 heterocycles. The van der Waals surface area contributed by atoms with Gasteiger partial charge < -0.3 is 9.94 Å². The van der Waals surface area contributed by atoms with Crippen molar-refractivity contribution in [1.82, 2.24) is 5.06 Å². The third kappa shape index (κ3) is 3.60. The van der Waals surface area contributed by atoms with Gasteiger partial charge in [0.15, 0.2) is 11.0 Å². The number of fused-ring (bicyclic) bond motifs is 3. The first-order valence-corrected chi connectivity index (χ1v) is 13.6. The molecule has 0 unspecified atom stereocenters. The van der Waals surface area contributed by atoms with Crippen molar-refractivity contribution in [2.24, 2.45) is 5.41 Å². The molecule has 8 heteroatoms. The van der Waals surface area contributed by atoms with E-state index in [1.54, 1.807) is 87.5 Å². The number of rotatable bonds is 2. The van der Waals surface area contributed by atoms with E-state index >= 15 is 0 Å². The summed E-state index contributed by atoms with van der Waals surface area (Å²) in [6.45, 7) is 5.09. The molecule has 208 valence electrons. The van der Waals surface area contributed by atoms with Crippen molar-refractivity contribution in [3.63, 3.8) is 0 Å². The fourth-order valence-electron chi connectivity index (χ4n) is 6.68. The van der Waals surface area contributed by atoms with E-state index in [1.165, 1.54) is 0 Å². The van der Waals surface area contributed by atoms with Gasteiger partial charge in [-0.15, -0.1) is 0 Å². The van der Waals surface area contributed by atoms with E-state index in [1.807, 2.05) is 30.3 Å². The molecule has 2 aliphatic rings. The van der Waals surface area contributed by atoms with Crippen molar-refractivity contribution in [2.45, 2.75) is 43.9 Å². The topological polar surface area (TPSA) is 118 Å². The van der Waals surface area contributed by atoms with E-state index in [2.05, 4.69) is 12.1 Å². The van der Waals surface area contributed by atoms with Gasteiger partial charge in [-0.3, -0.25) is 4.79 Å². The maximum Gasteiger partial charge on any atom is 0.421 e. The molecule has 0 aromatic heterocycles. The number of hydrogen-bond acceptors (Lipinski definition) is 7. The number of hydrogen-bond donors (Lipinski definition) is 1. The van der Waals surface area contributed by atoms with E-state index in [0.29, 0.717) is 16.7 Å². The normalized spacial score (nSPS) is 23.0. The van der Waals surface area contributed by atoms with Gasteiger partial charge in [0.05, 0.1) is 29.8 Å². The van der Waals surface area contributed by atoms with Gasteiger partial charge in [0.1, 0.15) is 5.60 Å². The van der Waals surface area contributed by atoms with Gasteiger partial charge in [0.2, 0.25) is 0 Å². The number of amides is 2. The van der Waals surface area contributed by atoms with Crippen LogP contribution in [0.5, 0.6) is 0 Å². The fraction of sp³-hybridized carbons (Fsp3) is 0.235. The zero-order chi connectivity index (χ0) is 29.9. The number of benzene rings is 4. The second-order valence-electron chi connectivity index (χ2n) is 11.7. The third-order valence-corrected chi connectivity index (χ3v) is 8.19. The van der Waals surface area contributed by atoms with Gasteiger partial charge in [-0.25, -0.2) is 9.69 Å². The Hall–Kier alpha value is -5.02. The van der Waals surface area contributed by atoms with Crippen molar-refractivity contribution in [1.29, 1.82) is 10.5 Å². The molecular weight excluding hydrogens is 528 g/mol. The zero-order valence-electron chi connectivity index (χ0n) is 23.4. The Labute approximate surface area is 243 Å². The Morgan fingerprint density at radius 2 is 1.50 bits per heavy atom. The van der Waals surface area contributed by atoms with Gasteiger partial charge >= 0.3 is 6.09 Å². The molecule has 0 bridgehead atoms. The van der Waals surface area contributed by atoms with Crippen LogP contribution in [-0.4, -0.2) is 27.9 Å². The average molecular weight is 557 g/mol. The number of nitriles is 2. The summed E-state index contributed by atoms with van der Waals surface area (Å²) >= 11 is 0. The van der Waals surface area contributed by atoms with E-state index in [-0.39, 0.29) is 5.69 Å². The molecule has 1 fully saturated rings. The fourth-order valence-corrected chi connectivity index (χ4v) is 6.68. The van der Waals surface area contributed by atoms with Crippen molar-refractivity contribution in [3.05, 3.63) is 114 Å². The average Bonchev–Trinajstić information content (AvgIpc) is 3.38. The number of hydroxylamine groups is 2. The Morgan fingerprint density at radius 1 is 0.881 bits per heavy atom. The highest BCUT2D eigenvalue weighted by Gasteiger charge is 2.76. The number of ether oxygens (including phenoxy) is 1. The van der Waals surface area contributed by atoms with Crippen LogP contribution in [0.15, 0.2) is 97.1 Å². The predicted molar refractivity (Wildman–Crippen MR) is 155 cm³/mol. The summed E-state index contributed by atoms with van der Waals surface area (Å²) in [4.78, 5) is 29.4. The monoisotopic (exact) mass is 556 g/mol. The number of carbonyl (C=O) groups is 2. The molecule has 8 nitrogen and oxygen atoms in total. The Morgan fingerprint density at radius 3 is 2.19 bits per heavy atom. The van der Waals surface area contributed by atoms with Gasteiger partial charge in [-0.2, -0.15) is 15.6 Å². The Kier molecular flexibility index (Phi) is 6.16. The molecule has 1 N–H and O–H groups in total. The Bertz CT molecular complexity index is 1800. The highest BCUT2D eigenvalue weighted by atomic mass is 16.6. The van der Waals surface area contributed by atoms with Crippen LogP contribution >= 0.6 is 0 Å². The van der Waals surface area contributed by atoms with Gasteiger partial charge in [0, 0.05) is 5.56 Å². The highest BCUT2D eigenvalue weighted by Crippen LogP contribution is 2.68. The molecule has 6 rings (SSSR count).